The molecule has 0 N–H and O–H groups in total. The van der Waals surface area contributed by atoms with Gasteiger partial charge < -0.3 is 0 Å². The van der Waals surface area contributed by atoms with Crippen LogP contribution in [0, 0.1) is 0 Å². The molecule has 0 aromatic heterocycles. The van der Waals surface area contributed by atoms with Gasteiger partial charge in [-0.3, -0.25) is 0 Å². The minimum Gasteiger partial charge on any atom is -0.142 e. The lowest BCUT2D eigenvalue weighted by atomic mass is 9.97. The second-order valence-electron chi connectivity index (χ2n) is 5.50. The van der Waals surface area contributed by atoms with Crippen molar-refractivity contribution in [2.75, 3.05) is 0 Å². The van der Waals surface area contributed by atoms with Crippen LogP contribution in [-0.4, -0.2) is 0 Å². The number of thiol groups is 1. The van der Waals surface area contributed by atoms with Crippen LogP contribution in [0.4, 0.5) is 0 Å². The van der Waals surface area contributed by atoms with E-state index >= 15 is 0 Å². The molecular weight excluding hydrogens is 296 g/mol. The number of rotatable bonds is 6. The van der Waals surface area contributed by atoms with Crippen molar-refractivity contribution in [2.45, 2.75) is 31.6 Å². The first-order valence-corrected chi connectivity index (χ1v) is 8.53. The number of hydrogen-bond donors (Lipinski definition) is 1. The van der Waals surface area contributed by atoms with Crippen LogP contribution >= 0.6 is 12.6 Å². The fourth-order valence-corrected chi connectivity index (χ4v) is 3.02. The lowest BCUT2D eigenvalue weighted by Gasteiger charge is -2.12. The van der Waals surface area contributed by atoms with Crippen LogP contribution in [0.2, 0.25) is 0 Å². The Kier molecular flexibility index (Phi) is 6.49. The van der Waals surface area contributed by atoms with Gasteiger partial charge in [0.2, 0.25) is 0 Å². The Hall–Kier alpha value is -1.99. The number of allylic oxidation sites excluding steroid dienone is 5. The average Bonchev–Trinajstić information content (AvgIpc) is 2.58. The Labute approximate surface area is 145 Å². The van der Waals surface area contributed by atoms with Crippen LogP contribution in [0.3, 0.4) is 0 Å². The third-order valence-corrected chi connectivity index (χ3v) is 4.32. The van der Waals surface area contributed by atoms with Gasteiger partial charge in [-0.25, -0.2) is 0 Å². The molecule has 0 heterocycles. The van der Waals surface area contributed by atoms with Gasteiger partial charge in [0.1, 0.15) is 0 Å². The van der Waals surface area contributed by atoms with Crippen molar-refractivity contribution in [1.82, 2.24) is 0 Å². The Morgan fingerprint density at radius 3 is 2.48 bits per heavy atom. The first kappa shape index (κ1) is 17.4. The molecule has 23 heavy (non-hydrogen) atoms. The summed E-state index contributed by atoms with van der Waals surface area (Å²) in [6, 6.07) is 15.1. The Morgan fingerprint density at radius 2 is 1.87 bits per heavy atom. The maximum Gasteiger partial charge on any atom is 0.0197 e. The van der Waals surface area contributed by atoms with Gasteiger partial charge >= 0.3 is 0 Å². The highest BCUT2D eigenvalue weighted by Crippen LogP contribution is 2.33. The molecule has 0 saturated heterocycles. The first-order chi connectivity index (χ1) is 11.2. The fraction of sp³-hybridized carbons (Fsp3) is 0.182. The summed E-state index contributed by atoms with van der Waals surface area (Å²) in [5.74, 6) is 0. The molecule has 1 heteroatoms. The molecule has 2 aromatic carbocycles. The van der Waals surface area contributed by atoms with Crippen molar-refractivity contribution in [3.8, 4) is 11.1 Å². The smallest absolute Gasteiger partial charge is 0.0197 e. The lowest BCUT2D eigenvalue weighted by Crippen LogP contribution is -1.89. The maximum atomic E-state index is 4.79. The Morgan fingerprint density at radius 1 is 1.13 bits per heavy atom. The molecule has 0 spiro atoms. The zero-order chi connectivity index (χ0) is 16.7. The van der Waals surface area contributed by atoms with Gasteiger partial charge in [0.25, 0.3) is 0 Å². The normalized spacial score (nSPS) is 11.9. The molecule has 0 aliphatic rings. The molecular formula is C22H24S. The topological polar surface area (TPSA) is 0 Å². The molecule has 0 bridgehead atoms. The van der Waals surface area contributed by atoms with Crippen molar-refractivity contribution >= 4 is 18.2 Å². The van der Waals surface area contributed by atoms with E-state index in [9.17, 15) is 0 Å². The van der Waals surface area contributed by atoms with Crippen LogP contribution < -0.4 is 0 Å². The van der Waals surface area contributed by atoms with Gasteiger partial charge in [0.05, 0.1) is 0 Å². The summed E-state index contributed by atoms with van der Waals surface area (Å²) in [5, 5.41) is 0. The standard InChI is InChI=1S/C22H24S/c1-4-7-10-18(6-3)20-11-8-12-21(22(20)23)19-15-13-17(9-5-2)14-16-19/h4,6-8,10-16,23H,3,5,9H2,1-2H3/b7-4-,18-10+. The third kappa shape index (κ3) is 4.27. The predicted molar refractivity (Wildman–Crippen MR) is 106 cm³/mol. The molecule has 0 unspecified atom stereocenters. The quantitative estimate of drug-likeness (QED) is 0.442. The van der Waals surface area contributed by atoms with E-state index in [0.29, 0.717) is 0 Å². The molecule has 0 fully saturated rings. The molecule has 0 aliphatic carbocycles. The van der Waals surface area contributed by atoms with Crippen molar-refractivity contribution in [3.63, 3.8) is 0 Å². The van der Waals surface area contributed by atoms with Gasteiger partial charge in [-0.1, -0.05) is 86.7 Å². The average molecular weight is 321 g/mol. The fourth-order valence-electron chi connectivity index (χ4n) is 2.62. The van der Waals surface area contributed by atoms with E-state index in [1.165, 1.54) is 17.5 Å². The zero-order valence-corrected chi connectivity index (χ0v) is 14.8. The Balaban J connectivity index is 2.45. The molecule has 0 aliphatic heterocycles. The highest BCUT2D eigenvalue weighted by Gasteiger charge is 2.09. The monoisotopic (exact) mass is 320 g/mol. The minimum absolute atomic E-state index is 0.992. The summed E-state index contributed by atoms with van der Waals surface area (Å²) >= 11 is 4.79. The van der Waals surface area contributed by atoms with Crippen LogP contribution in [0.5, 0.6) is 0 Å². The highest BCUT2D eigenvalue weighted by molar-refractivity contribution is 7.80. The molecule has 0 radical (unpaired) electrons. The van der Waals surface area contributed by atoms with Crippen molar-refractivity contribution in [2.24, 2.45) is 0 Å². The number of aryl methyl sites for hydroxylation is 1. The summed E-state index contributed by atoms with van der Waals surface area (Å²) in [4.78, 5) is 0.992. The molecule has 0 nitrogen and oxygen atoms in total. The summed E-state index contributed by atoms with van der Waals surface area (Å²) in [6.45, 7) is 8.14. The van der Waals surface area contributed by atoms with E-state index in [2.05, 4.69) is 62.0 Å². The summed E-state index contributed by atoms with van der Waals surface area (Å²) in [6.07, 6.45) is 10.3. The van der Waals surface area contributed by atoms with Crippen molar-refractivity contribution in [1.29, 1.82) is 0 Å². The molecule has 2 rings (SSSR count). The van der Waals surface area contributed by atoms with E-state index < -0.39 is 0 Å². The van der Waals surface area contributed by atoms with Gasteiger partial charge in [-0.05, 0) is 41.2 Å². The van der Waals surface area contributed by atoms with E-state index in [-0.39, 0.29) is 0 Å². The predicted octanol–water partition coefficient (Wildman–Crippen LogP) is 6.74. The van der Waals surface area contributed by atoms with Crippen LogP contribution in [0.1, 0.15) is 31.4 Å². The summed E-state index contributed by atoms with van der Waals surface area (Å²) in [5.41, 5.74) is 5.93. The highest BCUT2D eigenvalue weighted by atomic mass is 32.1. The first-order valence-electron chi connectivity index (χ1n) is 8.08. The molecule has 2 aromatic rings. The van der Waals surface area contributed by atoms with Crippen molar-refractivity contribution < 1.29 is 0 Å². The van der Waals surface area contributed by atoms with Crippen molar-refractivity contribution in [3.05, 3.63) is 84.5 Å². The second kappa shape index (κ2) is 8.59. The molecule has 0 saturated carbocycles. The summed E-state index contributed by atoms with van der Waals surface area (Å²) < 4.78 is 0. The molecule has 118 valence electrons. The third-order valence-electron chi connectivity index (χ3n) is 3.84. The van der Waals surface area contributed by atoms with Gasteiger partial charge in [-0.2, -0.15) is 0 Å². The zero-order valence-electron chi connectivity index (χ0n) is 13.9. The molecule has 0 amide bonds. The minimum atomic E-state index is 0.992. The van der Waals surface area contributed by atoms with Crippen LogP contribution in [0.15, 0.2) is 78.2 Å². The van der Waals surface area contributed by atoms with E-state index in [0.717, 1.165) is 28.0 Å². The number of benzene rings is 2. The summed E-state index contributed by atoms with van der Waals surface area (Å²) in [7, 11) is 0. The van der Waals surface area contributed by atoms with Gasteiger partial charge in [0, 0.05) is 4.90 Å². The second-order valence-corrected chi connectivity index (χ2v) is 5.95. The van der Waals surface area contributed by atoms with E-state index in [4.69, 9.17) is 12.6 Å². The Bertz CT molecular complexity index is 718. The maximum absolute atomic E-state index is 4.79. The van der Waals surface area contributed by atoms with Crippen LogP contribution in [-0.2, 0) is 6.42 Å². The largest absolute Gasteiger partial charge is 0.142 e. The van der Waals surface area contributed by atoms with Crippen LogP contribution in [0.25, 0.3) is 16.7 Å². The van der Waals surface area contributed by atoms with Gasteiger partial charge in [0.15, 0.2) is 0 Å². The number of hydrogen-bond acceptors (Lipinski definition) is 1. The molecule has 0 atom stereocenters. The SMILES string of the molecule is C=C/C(=C\C=C/C)c1cccc(-c2ccc(CCC)cc2)c1S. The van der Waals surface area contributed by atoms with E-state index in [1.54, 1.807) is 0 Å². The lowest BCUT2D eigenvalue weighted by molar-refractivity contribution is 0.922. The van der Waals surface area contributed by atoms with Gasteiger partial charge in [-0.15, -0.1) is 12.6 Å². The van der Waals surface area contributed by atoms with E-state index in [1.807, 2.05) is 25.2 Å².